The van der Waals surface area contributed by atoms with Gasteiger partial charge in [0.1, 0.15) is 5.75 Å². The number of phenolic OH excluding ortho intramolecular Hbond substituents is 1. The molecule has 1 aromatic carbocycles. The summed E-state index contributed by atoms with van der Waals surface area (Å²) in [5.41, 5.74) is 0.812. The molecule has 0 aliphatic carbocycles. The largest absolute Gasteiger partial charge is 0.508 e. The highest BCUT2D eigenvalue weighted by Crippen LogP contribution is 2.41. The third kappa shape index (κ3) is 3.40. The van der Waals surface area contributed by atoms with Gasteiger partial charge in [0.05, 0.1) is 5.02 Å². The molecule has 1 unspecified atom stereocenters. The van der Waals surface area contributed by atoms with Crippen molar-refractivity contribution < 1.29 is 5.11 Å². The number of nitrogens with zero attached hydrogens (tertiary/aromatic N) is 1. The van der Waals surface area contributed by atoms with Gasteiger partial charge in [0.2, 0.25) is 0 Å². The minimum absolute atomic E-state index is 0.131. The maximum Gasteiger partial charge on any atom is 0.123 e. The van der Waals surface area contributed by atoms with Crippen LogP contribution in [-0.2, 0) is 0 Å². The number of benzene rings is 1. The number of nitrogens with one attached hydrogen (secondary N) is 1. The lowest BCUT2D eigenvalue weighted by atomic mass is 9.90. The molecule has 0 aromatic heterocycles. The number of halogens is 2. The SMILES string of the molecule is CCC(C)[C@H](c1c(O)cc(Cl)cc1Cl)N1CCNCC1. The normalized spacial score (nSPS) is 19.8. The van der Waals surface area contributed by atoms with E-state index in [1.807, 2.05) is 0 Å². The average molecular weight is 317 g/mol. The molecule has 112 valence electrons. The molecule has 1 aliphatic heterocycles. The maximum atomic E-state index is 10.3. The first-order chi connectivity index (χ1) is 9.54. The minimum atomic E-state index is 0.131. The van der Waals surface area contributed by atoms with Crippen molar-refractivity contribution in [3.63, 3.8) is 0 Å². The highest BCUT2D eigenvalue weighted by atomic mass is 35.5. The fraction of sp³-hybridized carbons (Fsp3) is 0.600. The molecule has 2 N–H and O–H groups in total. The predicted molar refractivity (Wildman–Crippen MR) is 84.8 cm³/mol. The van der Waals surface area contributed by atoms with Crippen molar-refractivity contribution in [2.24, 2.45) is 5.92 Å². The van der Waals surface area contributed by atoms with Crippen LogP contribution in [0.25, 0.3) is 0 Å². The molecular weight excluding hydrogens is 295 g/mol. The summed E-state index contributed by atoms with van der Waals surface area (Å²) in [6.45, 7) is 8.25. The van der Waals surface area contributed by atoms with Gasteiger partial charge in [0.15, 0.2) is 0 Å². The third-order valence-electron chi connectivity index (χ3n) is 4.10. The topological polar surface area (TPSA) is 35.5 Å². The summed E-state index contributed by atoms with van der Waals surface area (Å²) in [5, 5.41) is 14.7. The second-order valence-electron chi connectivity index (χ2n) is 5.44. The lowest BCUT2D eigenvalue weighted by molar-refractivity contribution is 0.126. The monoisotopic (exact) mass is 316 g/mol. The van der Waals surface area contributed by atoms with Gasteiger partial charge in [0.25, 0.3) is 0 Å². The summed E-state index contributed by atoms with van der Waals surface area (Å²) in [7, 11) is 0. The Labute approximate surface area is 130 Å². The second-order valence-corrected chi connectivity index (χ2v) is 6.28. The number of hydrogen-bond donors (Lipinski definition) is 2. The number of aromatic hydroxyl groups is 1. The van der Waals surface area contributed by atoms with Crippen LogP contribution in [0.4, 0.5) is 0 Å². The Kier molecular flexibility index (Phi) is 5.56. The standard InChI is InChI=1S/C15H22Cl2N2O/c1-3-10(2)15(19-6-4-18-5-7-19)14-12(17)8-11(16)9-13(14)20/h8-10,15,18,20H,3-7H2,1-2H3/t10?,15-/m1/s1. The van der Waals surface area contributed by atoms with E-state index in [2.05, 4.69) is 24.1 Å². The first-order valence-corrected chi connectivity index (χ1v) is 7.92. The van der Waals surface area contributed by atoms with Crippen LogP contribution in [0.3, 0.4) is 0 Å². The van der Waals surface area contributed by atoms with Gasteiger partial charge >= 0.3 is 0 Å². The van der Waals surface area contributed by atoms with Gasteiger partial charge in [-0.25, -0.2) is 0 Å². The second kappa shape index (κ2) is 6.99. The van der Waals surface area contributed by atoms with E-state index in [-0.39, 0.29) is 11.8 Å². The molecule has 3 nitrogen and oxygen atoms in total. The number of piperazine rings is 1. The van der Waals surface area contributed by atoms with Crippen LogP contribution in [0.5, 0.6) is 5.75 Å². The van der Waals surface area contributed by atoms with Crippen LogP contribution >= 0.6 is 23.2 Å². The number of phenols is 1. The van der Waals surface area contributed by atoms with Gasteiger partial charge in [-0.3, -0.25) is 4.90 Å². The molecule has 1 aromatic rings. The molecule has 2 rings (SSSR count). The molecule has 0 spiro atoms. The molecule has 5 heteroatoms. The summed E-state index contributed by atoms with van der Waals surface area (Å²) < 4.78 is 0. The predicted octanol–water partition coefficient (Wildman–Crippen LogP) is 3.69. The third-order valence-corrected chi connectivity index (χ3v) is 4.63. The van der Waals surface area contributed by atoms with Gasteiger partial charge < -0.3 is 10.4 Å². The van der Waals surface area contributed by atoms with Crippen LogP contribution in [0.1, 0.15) is 31.9 Å². The van der Waals surface area contributed by atoms with E-state index in [1.165, 1.54) is 0 Å². The van der Waals surface area contributed by atoms with Gasteiger partial charge in [-0.05, 0) is 18.1 Å². The van der Waals surface area contributed by atoms with E-state index in [0.29, 0.717) is 16.0 Å². The summed E-state index contributed by atoms with van der Waals surface area (Å²) in [6.07, 6.45) is 1.03. The van der Waals surface area contributed by atoms with E-state index >= 15 is 0 Å². The van der Waals surface area contributed by atoms with Gasteiger partial charge in [-0.1, -0.05) is 43.5 Å². The molecule has 1 fully saturated rings. The molecule has 0 radical (unpaired) electrons. The van der Waals surface area contributed by atoms with Crippen LogP contribution in [-0.4, -0.2) is 36.2 Å². The highest BCUT2D eigenvalue weighted by molar-refractivity contribution is 6.35. The molecule has 2 atom stereocenters. The van der Waals surface area contributed by atoms with E-state index in [1.54, 1.807) is 12.1 Å². The Morgan fingerprint density at radius 3 is 2.50 bits per heavy atom. The molecule has 0 amide bonds. The van der Waals surface area contributed by atoms with Gasteiger partial charge in [-0.15, -0.1) is 0 Å². The van der Waals surface area contributed by atoms with Crippen molar-refractivity contribution in [3.05, 3.63) is 27.7 Å². The molecule has 1 saturated heterocycles. The summed E-state index contributed by atoms with van der Waals surface area (Å²) in [5.74, 6) is 0.615. The van der Waals surface area contributed by atoms with Crippen LogP contribution in [0.15, 0.2) is 12.1 Å². The van der Waals surface area contributed by atoms with Crippen LogP contribution < -0.4 is 5.32 Å². The van der Waals surface area contributed by atoms with E-state index < -0.39 is 0 Å². The van der Waals surface area contributed by atoms with Crippen molar-refractivity contribution in [1.82, 2.24) is 10.2 Å². The van der Waals surface area contributed by atoms with Crippen molar-refractivity contribution >= 4 is 23.2 Å². The number of rotatable bonds is 4. The summed E-state index contributed by atoms with van der Waals surface area (Å²) in [4.78, 5) is 2.40. The van der Waals surface area contributed by atoms with Gasteiger partial charge in [0, 0.05) is 42.8 Å². The zero-order chi connectivity index (χ0) is 14.7. The van der Waals surface area contributed by atoms with E-state index in [4.69, 9.17) is 23.2 Å². The average Bonchev–Trinajstić information content (AvgIpc) is 2.42. The lowest BCUT2D eigenvalue weighted by Gasteiger charge is -2.39. The van der Waals surface area contributed by atoms with E-state index in [9.17, 15) is 5.11 Å². The Morgan fingerprint density at radius 2 is 1.95 bits per heavy atom. The molecular formula is C15H22Cl2N2O. The minimum Gasteiger partial charge on any atom is -0.508 e. The Hall–Kier alpha value is -0.480. The maximum absolute atomic E-state index is 10.3. The molecule has 20 heavy (non-hydrogen) atoms. The van der Waals surface area contributed by atoms with Crippen LogP contribution in [0.2, 0.25) is 10.0 Å². The smallest absolute Gasteiger partial charge is 0.123 e. The van der Waals surface area contributed by atoms with Crippen molar-refractivity contribution in [3.8, 4) is 5.75 Å². The fourth-order valence-corrected chi connectivity index (χ4v) is 3.47. The first-order valence-electron chi connectivity index (χ1n) is 7.17. The quantitative estimate of drug-likeness (QED) is 0.889. The molecule has 1 heterocycles. The number of hydrogen-bond acceptors (Lipinski definition) is 3. The molecule has 0 saturated carbocycles. The lowest BCUT2D eigenvalue weighted by Crippen LogP contribution is -2.46. The molecule has 1 aliphatic rings. The Bertz CT molecular complexity index is 438. The zero-order valence-electron chi connectivity index (χ0n) is 12.0. The van der Waals surface area contributed by atoms with Crippen LogP contribution in [0, 0.1) is 5.92 Å². The summed E-state index contributed by atoms with van der Waals surface area (Å²) >= 11 is 12.3. The van der Waals surface area contributed by atoms with E-state index in [0.717, 1.165) is 38.2 Å². The van der Waals surface area contributed by atoms with Crippen molar-refractivity contribution in [2.45, 2.75) is 26.3 Å². The summed E-state index contributed by atoms with van der Waals surface area (Å²) in [6, 6.07) is 3.43. The van der Waals surface area contributed by atoms with Crippen molar-refractivity contribution in [1.29, 1.82) is 0 Å². The Morgan fingerprint density at radius 1 is 1.30 bits per heavy atom. The molecule has 0 bridgehead atoms. The van der Waals surface area contributed by atoms with Gasteiger partial charge in [-0.2, -0.15) is 0 Å². The highest BCUT2D eigenvalue weighted by Gasteiger charge is 2.30. The Balaban J connectivity index is 2.40. The fourth-order valence-electron chi connectivity index (χ4n) is 2.87. The van der Waals surface area contributed by atoms with Crippen molar-refractivity contribution in [2.75, 3.05) is 26.2 Å². The first kappa shape index (κ1) is 15.9. The zero-order valence-corrected chi connectivity index (χ0v) is 13.5.